The van der Waals surface area contributed by atoms with E-state index >= 15 is 0 Å². The second-order valence-electron chi connectivity index (χ2n) is 5.54. The van der Waals surface area contributed by atoms with Gasteiger partial charge in [0.25, 0.3) is 0 Å². The molecular formula is C15H14F3N7O2. The number of nitrogens with zero attached hydrogens (tertiary/aromatic N) is 5. The molecule has 3 N–H and O–H groups in total. The molecule has 0 aliphatic rings. The number of hydrogen-bond acceptors (Lipinski definition) is 7. The summed E-state index contributed by atoms with van der Waals surface area (Å²) in [6.45, 7) is 0.185. The lowest BCUT2D eigenvalue weighted by Crippen LogP contribution is -2.23. The number of alkyl halides is 3. The number of anilines is 2. The second kappa shape index (κ2) is 7.05. The number of hydrogen-bond donors (Lipinski definition) is 2. The number of nitrogen functional groups attached to an aromatic ring is 1. The first-order valence-corrected chi connectivity index (χ1v) is 7.64. The predicted octanol–water partition coefficient (Wildman–Crippen LogP) is 1.94. The average molecular weight is 381 g/mol. The number of pyridine rings is 1. The number of rotatable bonds is 5. The second-order valence-corrected chi connectivity index (χ2v) is 5.54. The van der Waals surface area contributed by atoms with Crippen LogP contribution in [0.1, 0.15) is 13.0 Å². The summed E-state index contributed by atoms with van der Waals surface area (Å²) >= 11 is 0. The van der Waals surface area contributed by atoms with E-state index in [9.17, 15) is 18.0 Å². The standard InChI is InChI=1S/C15H14F3N7O2/c1-8(25-7-23-11-12(19)21-6-22-13(11)25)14(26)24-9-2-3-10(20-4-9)27-5-15(16,17)18/h2-4,6-8H,5H2,1H3,(H,24,26)(H2,19,21,22). The van der Waals surface area contributed by atoms with Crippen molar-refractivity contribution in [2.45, 2.75) is 19.1 Å². The van der Waals surface area contributed by atoms with E-state index in [2.05, 4.69) is 30.0 Å². The minimum absolute atomic E-state index is 0.199. The molecule has 142 valence electrons. The minimum atomic E-state index is -4.45. The lowest BCUT2D eigenvalue weighted by molar-refractivity contribution is -0.154. The molecular weight excluding hydrogens is 367 g/mol. The van der Waals surface area contributed by atoms with Gasteiger partial charge in [-0.25, -0.2) is 19.9 Å². The van der Waals surface area contributed by atoms with Gasteiger partial charge >= 0.3 is 6.18 Å². The van der Waals surface area contributed by atoms with Crippen LogP contribution in [0, 0.1) is 0 Å². The number of nitrogens with two attached hydrogens (primary N) is 1. The molecule has 0 radical (unpaired) electrons. The molecule has 0 aliphatic heterocycles. The van der Waals surface area contributed by atoms with Crippen molar-refractivity contribution in [2.24, 2.45) is 0 Å². The van der Waals surface area contributed by atoms with Gasteiger partial charge in [-0.05, 0) is 13.0 Å². The van der Waals surface area contributed by atoms with Crippen molar-refractivity contribution in [3.8, 4) is 5.88 Å². The average Bonchev–Trinajstić information content (AvgIpc) is 3.05. The van der Waals surface area contributed by atoms with E-state index < -0.39 is 24.7 Å². The third-order valence-corrected chi connectivity index (χ3v) is 3.57. The van der Waals surface area contributed by atoms with E-state index in [1.54, 1.807) is 6.92 Å². The quantitative estimate of drug-likeness (QED) is 0.693. The molecule has 1 atom stereocenters. The number of carbonyl (C=O) groups is 1. The number of aromatic nitrogens is 5. The Bertz CT molecular complexity index is 956. The molecule has 3 heterocycles. The Morgan fingerprint density at radius 2 is 2.07 bits per heavy atom. The summed E-state index contributed by atoms with van der Waals surface area (Å²) in [5.41, 5.74) is 6.79. The van der Waals surface area contributed by atoms with E-state index in [1.165, 1.54) is 35.6 Å². The highest BCUT2D eigenvalue weighted by molar-refractivity contribution is 5.94. The Hall–Kier alpha value is -3.44. The van der Waals surface area contributed by atoms with Crippen LogP contribution in [0.3, 0.4) is 0 Å². The number of nitrogens with one attached hydrogen (secondary N) is 1. The zero-order chi connectivity index (χ0) is 19.6. The molecule has 0 aromatic carbocycles. The summed E-state index contributed by atoms with van der Waals surface area (Å²) < 4.78 is 42.4. The Morgan fingerprint density at radius 3 is 2.74 bits per heavy atom. The van der Waals surface area contributed by atoms with E-state index in [1.807, 2.05) is 0 Å². The first kappa shape index (κ1) is 18.4. The third kappa shape index (κ3) is 4.22. The molecule has 0 saturated heterocycles. The summed E-state index contributed by atoms with van der Waals surface area (Å²) in [6.07, 6.45) is -0.566. The molecule has 3 aromatic heterocycles. The van der Waals surface area contributed by atoms with Gasteiger partial charge in [-0.3, -0.25) is 4.79 Å². The molecule has 3 rings (SSSR count). The number of carbonyl (C=O) groups excluding carboxylic acids is 1. The normalized spacial score (nSPS) is 12.7. The summed E-state index contributed by atoms with van der Waals surface area (Å²) in [5.74, 6) is -0.409. The fourth-order valence-electron chi connectivity index (χ4n) is 2.22. The van der Waals surface area contributed by atoms with Gasteiger partial charge in [0, 0.05) is 6.07 Å². The maximum absolute atomic E-state index is 12.4. The van der Waals surface area contributed by atoms with Crippen molar-refractivity contribution in [1.82, 2.24) is 24.5 Å². The van der Waals surface area contributed by atoms with Crippen LogP contribution in [-0.2, 0) is 4.79 Å². The monoisotopic (exact) mass is 381 g/mol. The lowest BCUT2D eigenvalue weighted by atomic mass is 10.3. The van der Waals surface area contributed by atoms with Gasteiger partial charge in [-0.2, -0.15) is 13.2 Å². The van der Waals surface area contributed by atoms with Crippen molar-refractivity contribution in [1.29, 1.82) is 0 Å². The van der Waals surface area contributed by atoms with Gasteiger partial charge in [0.15, 0.2) is 18.1 Å². The van der Waals surface area contributed by atoms with Crippen molar-refractivity contribution < 1.29 is 22.7 Å². The highest BCUT2D eigenvalue weighted by Crippen LogP contribution is 2.21. The fraction of sp³-hybridized carbons (Fsp3) is 0.267. The van der Waals surface area contributed by atoms with Crippen LogP contribution in [0.25, 0.3) is 11.2 Å². The molecule has 1 unspecified atom stereocenters. The largest absolute Gasteiger partial charge is 0.468 e. The molecule has 3 aromatic rings. The van der Waals surface area contributed by atoms with Crippen molar-refractivity contribution >= 4 is 28.6 Å². The van der Waals surface area contributed by atoms with Crippen LogP contribution < -0.4 is 15.8 Å². The molecule has 0 bridgehead atoms. The van der Waals surface area contributed by atoms with Crippen molar-refractivity contribution in [2.75, 3.05) is 17.7 Å². The zero-order valence-electron chi connectivity index (χ0n) is 13.9. The van der Waals surface area contributed by atoms with E-state index in [0.717, 1.165) is 0 Å². The van der Waals surface area contributed by atoms with Gasteiger partial charge in [0.2, 0.25) is 11.8 Å². The smallest absolute Gasteiger partial charge is 0.422 e. The summed E-state index contributed by atoms with van der Waals surface area (Å²) in [6, 6.07) is 1.92. The van der Waals surface area contributed by atoms with Crippen molar-refractivity contribution in [3.05, 3.63) is 31.0 Å². The number of ether oxygens (including phenoxy) is 1. The lowest BCUT2D eigenvalue weighted by Gasteiger charge is -2.14. The topological polar surface area (TPSA) is 121 Å². The number of amides is 1. The molecule has 27 heavy (non-hydrogen) atoms. The Balaban J connectivity index is 1.68. The molecule has 0 spiro atoms. The highest BCUT2D eigenvalue weighted by atomic mass is 19.4. The predicted molar refractivity (Wildman–Crippen MR) is 88.9 cm³/mol. The van der Waals surface area contributed by atoms with Crippen LogP contribution in [0.2, 0.25) is 0 Å². The Labute approximate surface area is 150 Å². The highest BCUT2D eigenvalue weighted by Gasteiger charge is 2.28. The maximum atomic E-state index is 12.4. The Kier molecular flexibility index (Phi) is 4.79. The first-order chi connectivity index (χ1) is 12.7. The molecule has 12 heteroatoms. The van der Waals surface area contributed by atoms with E-state index in [0.29, 0.717) is 16.9 Å². The van der Waals surface area contributed by atoms with Crippen molar-refractivity contribution in [3.63, 3.8) is 0 Å². The van der Waals surface area contributed by atoms with Gasteiger partial charge in [-0.15, -0.1) is 0 Å². The molecule has 0 fully saturated rings. The SMILES string of the molecule is CC(C(=O)Nc1ccc(OCC(F)(F)F)nc1)n1cnc2c(N)ncnc21. The Morgan fingerprint density at radius 1 is 1.30 bits per heavy atom. The van der Waals surface area contributed by atoms with Gasteiger partial charge in [0.05, 0.1) is 18.2 Å². The maximum Gasteiger partial charge on any atom is 0.422 e. The molecule has 0 aliphatic carbocycles. The van der Waals surface area contributed by atoms with Gasteiger partial charge in [0.1, 0.15) is 17.9 Å². The van der Waals surface area contributed by atoms with Crippen LogP contribution in [0.5, 0.6) is 5.88 Å². The van der Waals surface area contributed by atoms with Crippen LogP contribution in [-0.4, -0.2) is 43.2 Å². The fourth-order valence-corrected chi connectivity index (χ4v) is 2.22. The van der Waals surface area contributed by atoms with Gasteiger partial charge < -0.3 is 20.4 Å². The first-order valence-electron chi connectivity index (χ1n) is 7.64. The van der Waals surface area contributed by atoms with Gasteiger partial charge in [-0.1, -0.05) is 0 Å². The number of fused-ring (bicyclic) bond motifs is 1. The van der Waals surface area contributed by atoms with E-state index in [4.69, 9.17) is 5.73 Å². The molecule has 9 nitrogen and oxygen atoms in total. The third-order valence-electron chi connectivity index (χ3n) is 3.57. The van der Waals surface area contributed by atoms with Crippen LogP contribution in [0.4, 0.5) is 24.7 Å². The molecule has 0 saturated carbocycles. The van der Waals surface area contributed by atoms with Crippen LogP contribution >= 0.6 is 0 Å². The summed E-state index contributed by atoms with van der Waals surface area (Å²) in [4.78, 5) is 28.2. The zero-order valence-corrected chi connectivity index (χ0v) is 13.9. The summed E-state index contributed by atoms with van der Waals surface area (Å²) in [7, 11) is 0. The number of imidazole rings is 1. The summed E-state index contributed by atoms with van der Waals surface area (Å²) in [5, 5.41) is 2.61. The van der Waals surface area contributed by atoms with Crippen LogP contribution in [0.15, 0.2) is 31.0 Å². The molecule has 1 amide bonds. The minimum Gasteiger partial charge on any atom is -0.468 e. The van der Waals surface area contributed by atoms with E-state index in [-0.39, 0.29) is 11.7 Å². The number of halogens is 3.